The molecule has 0 bridgehead atoms. The van der Waals surface area contributed by atoms with Gasteiger partial charge in [-0.3, -0.25) is 9.59 Å². The van der Waals surface area contributed by atoms with Gasteiger partial charge in [0.05, 0.1) is 34.4 Å². The van der Waals surface area contributed by atoms with Gasteiger partial charge in [-0.25, -0.2) is 4.79 Å². The monoisotopic (exact) mass is 640 g/mol. The number of nitrogens with one attached hydrogen (secondary N) is 1. The highest BCUT2D eigenvalue weighted by Gasteiger charge is 2.26. The Balaban J connectivity index is 4.15. The summed E-state index contributed by atoms with van der Waals surface area (Å²) in [6.07, 6.45) is 30.4. The summed E-state index contributed by atoms with van der Waals surface area (Å²) in [6, 6.07) is -0.833. The van der Waals surface area contributed by atoms with Gasteiger partial charge in [0.15, 0.2) is 6.54 Å². The smallest absolute Gasteiger partial charge is 0.328 e. The van der Waals surface area contributed by atoms with Crippen LogP contribution in [0.4, 0.5) is 0 Å². The molecule has 0 heterocycles. The van der Waals surface area contributed by atoms with Crippen molar-refractivity contribution in [1.82, 2.24) is 5.32 Å². The average molecular weight is 640 g/mol. The van der Waals surface area contributed by atoms with E-state index in [2.05, 4.69) is 19.2 Å². The predicted molar refractivity (Wildman–Crippen MR) is 188 cm³/mol. The lowest BCUT2D eigenvalue weighted by Gasteiger charge is -2.24. The number of hydrogen-bond donors (Lipinski definition) is 1. The molecule has 0 rings (SSSR count). The summed E-state index contributed by atoms with van der Waals surface area (Å²) in [7, 11) is 5.77. The van der Waals surface area contributed by atoms with Crippen LogP contribution in [0.25, 0.3) is 0 Å². The second-order valence-corrected chi connectivity index (χ2v) is 14.3. The predicted octanol–water partition coefficient (Wildman–Crippen LogP) is 9.45. The normalized spacial score (nSPS) is 12.2. The third-order valence-corrected chi connectivity index (χ3v) is 8.38. The number of amides is 1. The maximum atomic E-state index is 12.8. The summed E-state index contributed by atoms with van der Waals surface area (Å²) < 4.78 is 11.4. The standard InChI is InChI=1S/C38H74N2O5/c1-6-8-10-12-14-16-18-20-22-24-26-28-32-44-37(42)31-30-35(39-36(41)34-40(3,4)5)38(43)45-33-29-27-25-23-21-19-17-15-13-11-9-7-2/h35H,6-34H2,1-5H3/p+1. The van der Waals surface area contributed by atoms with Crippen LogP contribution >= 0.6 is 0 Å². The lowest BCUT2D eigenvalue weighted by Crippen LogP contribution is -2.49. The number of quaternary nitrogens is 1. The summed E-state index contributed by atoms with van der Waals surface area (Å²) >= 11 is 0. The minimum Gasteiger partial charge on any atom is -0.466 e. The van der Waals surface area contributed by atoms with E-state index in [1.807, 2.05) is 21.1 Å². The van der Waals surface area contributed by atoms with Crippen LogP contribution in [-0.4, -0.2) is 69.3 Å². The maximum Gasteiger partial charge on any atom is 0.328 e. The number of unbranched alkanes of at least 4 members (excludes halogenated alkanes) is 22. The number of esters is 2. The van der Waals surface area contributed by atoms with E-state index in [4.69, 9.17) is 9.47 Å². The minimum absolute atomic E-state index is 0.0846. The average Bonchev–Trinajstić information content (AvgIpc) is 2.98. The van der Waals surface area contributed by atoms with Crippen molar-refractivity contribution in [2.24, 2.45) is 0 Å². The number of nitrogens with zero attached hydrogens (tertiary/aromatic N) is 1. The highest BCUT2D eigenvalue weighted by Crippen LogP contribution is 2.14. The molecule has 0 saturated carbocycles. The molecule has 0 aromatic heterocycles. The Morgan fingerprint density at radius 2 is 0.889 bits per heavy atom. The van der Waals surface area contributed by atoms with E-state index in [-0.39, 0.29) is 31.3 Å². The summed E-state index contributed by atoms with van der Waals surface area (Å²) in [5.74, 6) is -1.00. The van der Waals surface area contributed by atoms with Crippen LogP contribution in [0.5, 0.6) is 0 Å². The molecule has 0 radical (unpaired) electrons. The van der Waals surface area contributed by atoms with Crippen LogP contribution in [0.2, 0.25) is 0 Å². The van der Waals surface area contributed by atoms with E-state index in [1.54, 1.807) is 0 Å². The van der Waals surface area contributed by atoms with Crippen LogP contribution in [0, 0.1) is 0 Å². The molecule has 45 heavy (non-hydrogen) atoms. The highest BCUT2D eigenvalue weighted by atomic mass is 16.5. The zero-order valence-electron chi connectivity index (χ0n) is 30.6. The Morgan fingerprint density at radius 3 is 1.27 bits per heavy atom. The minimum atomic E-state index is -0.833. The van der Waals surface area contributed by atoms with Gasteiger partial charge < -0.3 is 19.3 Å². The molecule has 7 nitrogen and oxygen atoms in total. The van der Waals surface area contributed by atoms with Crippen LogP contribution in [-0.2, 0) is 23.9 Å². The van der Waals surface area contributed by atoms with E-state index in [1.165, 1.54) is 122 Å². The third kappa shape index (κ3) is 32.1. The first-order chi connectivity index (χ1) is 21.7. The van der Waals surface area contributed by atoms with Gasteiger partial charge in [-0.2, -0.15) is 0 Å². The molecule has 0 aromatic rings. The van der Waals surface area contributed by atoms with Gasteiger partial charge in [0.25, 0.3) is 5.91 Å². The van der Waals surface area contributed by atoms with Crippen molar-refractivity contribution in [2.75, 3.05) is 40.9 Å². The SMILES string of the molecule is CCCCCCCCCCCCCCOC(=O)CCC(NC(=O)C[N+](C)(C)C)C(=O)OCCCCCCCCCCCCCC. The van der Waals surface area contributed by atoms with Crippen molar-refractivity contribution >= 4 is 17.8 Å². The largest absolute Gasteiger partial charge is 0.466 e. The number of carbonyl (C=O) groups excluding carboxylic acids is 3. The number of likely N-dealkylation sites (N-methyl/N-ethyl adjacent to an activating group) is 1. The maximum absolute atomic E-state index is 12.8. The molecule has 0 spiro atoms. The van der Waals surface area contributed by atoms with Crippen molar-refractivity contribution < 1.29 is 28.3 Å². The Hall–Kier alpha value is -1.63. The second-order valence-electron chi connectivity index (χ2n) is 14.3. The summed E-state index contributed by atoms with van der Waals surface area (Å²) in [6.45, 7) is 5.52. The zero-order valence-corrected chi connectivity index (χ0v) is 30.6. The second kappa shape index (κ2) is 31.0. The third-order valence-electron chi connectivity index (χ3n) is 8.38. The molecule has 0 aliphatic carbocycles. The molecular formula is C38H75N2O5+. The van der Waals surface area contributed by atoms with E-state index >= 15 is 0 Å². The fourth-order valence-electron chi connectivity index (χ4n) is 5.60. The van der Waals surface area contributed by atoms with Gasteiger partial charge in [-0.05, 0) is 19.3 Å². The number of ether oxygens (including phenoxy) is 2. The fourth-order valence-corrected chi connectivity index (χ4v) is 5.60. The summed E-state index contributed by atoms with van der Waals surface area (Å²) in [4.78, 5) is 37.8. The first kappa shape index (κ1) is 43.4. The molecule has 0 aromatic carbocycles. The Kier molecular flexibility index (Phi) is 29.9. The summed E-state index contributed by atoms with van der Waals surface area (Å²) in [5, 5.41) is 2.81. The first-order valence-electron chi connectivity index (χ1n) is 19.1. The van der Waals surface area contributed by atoms with Crippen molar-refractivity contribution in [2.45, 2.75) is 187 Å². The Morgan fingerprint density at radius 1 is 0.533 bits per heavy atom. The van der Waals surface area contributed by atoms with E-state index in [0.29, 0.717) is 17.7 Å². The van der Waals surface area contributed by atoms with Gasteiger partial charge in [-0.1, -0.05) is 155 Å². The molecule has 1 unspecified atom stereocenters. The summed E-state index contributed by atoms with van der Waals surface area (Å²) in [5.41, 5.74) is 0. The van der Waals surface area contributed by atoms with Crippen molar-refractivity contribution in [3.8, 4) is 0 Å². The molecular weight excluding hydrogens is 564 g/mol. The number of rotatable bonds is 33. The number of carbonyl (C=O) groups is 3. The first-order valence-corrected chi connectivity index (χ1v) is 19.1. The lowest BCUT2D eigenvalue weighted by atomic mass is 10.1. The molecule has 1 atom stereocenters. The van der Waals surface area contributed by atoms with Gasteiger partial charge in [0.2, 0.25) is 0 Å². The van der Waals surface area contributed by atoms with Gasteiger partial charge in [0, 0.05) is 6.42 Å². The van der Waals surface area contributed by atoms with E-state index < -0.39 is 12.0 Å². The topological polar surface area (TPSA) is 81.7 Å². The highest BCUT2D eigenvalue weighted by molar-refractivity contribution is 5.85. The lowest BCUT2D eigenvalue weighted by molar-refractivity contribution is -0.862. The van der Waals surface area contributed by atoms with E-state index in [0.717, 1.165) is 32.1 Å². The van der Waals surface area contributed by atoms with Crippen LogP contribution in [0.1, 0.15) is 181 Å². The van der Waals surface area contributed by atoms with Gasteiger partial charge in [0.1, 0.15) is 6.04 Å². The van der Waals surface area contributed by atoms with Crippen LogP contribution in [0.3, 0.4) is 0 Å². The van der Waals surface area contributed by atoms with Crippen LogP contribution in [0.15, 0.2) is 0 Å². The molecule has 0 aliphatic heterocycles. The van der Waals surface area contributed by atoms with Crippen LogP contribution < -0.4 is 5.32 Å². The molecule has 1 amide bonds. The van der Waals surface area contributed by atoms with Crippen molar-refractivity contribution in [1.29, 1.82) is 0 Å². The van der Waals surface area contributed by atoms with Gasteiger partial charge in [-0.15, -0.1) is 0 Å². The molecule has 7 heteroatoms. The van der Waals surface area contributed by atoms with E-state index in [9.17, 15) is 14.4 Å². The Labute approximate surface area is 278 Å². The quantitative estimate of drug-likeness (QED) is 0.0439. The number of hydrogen-bond acceptors (Lipinski definition) is 5. The fraction of sp³-hybridized carbons (Fsp3) is 0.921. The van der Waals surface area contributed by atoms with Crippen molar-refractivity contribution in [3.63, 3.8) is 0 Å². The molecule has 266 valence electrons. The molecule has 0 fully saturated rings. The Bertz CT molecular complexity index is 707. The molecule has 1 N–H and O–H groups in total. The molecule has 0 saturated heterocycles. The van der Waals surface area contributed by atoms with Gasteiger partial charge >= 0.3 is 11.9 Å². The van der Waals surface area contributed by atoms with Crippen molar-refractivity contribution in [3.05, 3.63) is 0 Å². The zero-order chi connectivity index (χ0) is 33.4. The molecule has 0 aliphatic rings.